The summed E-state index contributed by atoms with van der Waals surface area (Å²) in [4.78, 5) is 12.1. The second kappa shape index (κ2) is 4.95. The molecular weight excluding hydrogens is 268 g/mol. The Kier molecular flexibility index (Phi) is 3.37. The van der Waals surface area contributed by atoms with E-state index in [-0.39, 0.29) is 0 Å². The van der Waals surface area contributed by atoms with Gasteiger partial charge in [0.1, 0.15) is 5.78 Å². The molecule has 0 saturated heterocycles. The number of rotatable bonds is 1. The van der Waals surface area contributed by atoms with Gasteiger partial charge in [-0.1, -0.05) is 26.0 Å². The van der Waals surface area contributed by atoms with Crippen LogP contribution in [0.2, 0.25) is 0 Å². The zero-order chi connectivity index (χ0) is 15.5. The molecule has 0 aliphatic heterocycles. The third kappa shape index (κ3) is 1.86. The Morgan fingerprint density at radius 1 is 0.955 bits per heavy atom. The van der Waals surface area contributed by atoms with Crippen LogP contribution < -0.4 is 0 Å². The Bertz CT molecular complexity index is 506. The molecule has 1 nitrogen and oxygen atoms in total. The van der Waals surface area contributed by atoms with Gasteiger partial charge in [-0.2, -0.15) is 0 Å². The summed E-state index contributed by atoms with van der Waals surface area (Å²) in [6.45, 7) is 6.90. The predicted octanol–water partition coefficient (Wildman–Crippen LogP) is 5.40. The molecule has 0 N–H and O–H groups in total. The molecule has 3 fully saturated rings. The molecule has 0 aromatic rings. The molecule has 0 spiro atoms. The highest BCUT2D eigenvalue weighted by Gasteiger charge is 2.59. The minimum atomic E-state index is 0.320. The quantitative estimate of drug-likeness (QED) is 0.592. The topological polar surface area (TPSA) is 17.1 Å². The second-order valence-corrected chi connectivity index (χ2v) is 9.35. The first-order valence-electron chi connectivity index (χ1n) is 9.62. The Morgan fingerprint density at radius 3 is 2.50 bits per heavy atom. The normalized spacial score (nSPS) is 53.5. The molecule has 0 aromatic carbocycles. The fraction of sp³-hybridized carbons (Fsp3) is 0.857. The number of allylic oxidation sites excluding steroid dienone is 2. The summed E-state index contributed by atoms with van der Waals surface area (Å²) in [6, 6.07) is 0. The smallest absolute Gasteiger partial charge is 0.133 e. The highest BCUT2D eigenvalue weighted by Crippen LogP contribution is 2.66. The number of hydrogen-bond donors (Lipinski definition) is 0. The number of carbonyl (C=O) groups is 1. The van der Waals surface area contributed by atoms with Crippen molar-refractivity contribution in [3.63, 3.8) is 0 Å². The third-order valence-corrected chi connectivity index (χ3v) is 8.70. The van der Waals surface area contributed by atoms with Crippen molar-refractivity contribution < 1.29 is 4.79 Å². The summed E-state index contributed by atoms with van der Waals surface area (Å²) >= 11 is 0. The highest BCUT2D eigenvalue weighted by atomic mass is 16.1. The van der Waals surface area contributed by atoms with Gasteiger partial charge in [0.2, 0.25) is 0 Å². The van der Waals surface area contributed by atoms with E-state index in [4.69, 9.17) is 0 Å². The second-order valence-electron chi connectivity index (χ2n) is 9.35. The summed E-state index contributed by atoms with van der Waals surface area (Å²) in [7, 11) is 0. The van der Waals surface area contributed by atoms with E-state index in [1.54, 1.807) is 0 Å². The van der Waals surface area contributed by atoms with Gasteiger partial charge in [-0.3, -0.25) is 4.79 Å². The average molecular weight is 300 g/mol. The average Bonchev–Trinajstić information content (AvgIpc) is 2.84. The molecule has 122 valence electrons. The van der Waals surface area contributed by atoms with Crippen LogP contribution in [0.1, 0.15) is 72.1 Å². The lowest BCUT2D eigenvalue weighted by molar-refractivity contribution is -0.131. The molecule has 0 unspecified atom stereocenters. The van der Waals surface area contributed by atoms with E-state index in [1.807, 2.05) is 6.92 Å². The molecule has 0 aromatic heterocycles. The van der Waals surface area contributed by atoms with Crippen molar-refractivity contribution >= 4 is 5.78 Å². The minimum absolute atomic E-state index is 0.320. The molecule has 1 heteroatoms. The fourth-order valence-corrected chi connectivity index (χ4v) is 7.51. The van der Waals surface area contributed by atoms with Crippen molar-refractivity contribution in [3.8, 4) is 0 Å². The van der Waals surface area contributed by atoms with Crippen LogP contribution in [0.5, 0.6) is 0 Å². The van der Waals surface area contributed by atoms with Gasteiger partial charge >= 0.3 is 0 Å². The van der Waals surface area contributed by atoms with E-state index in [0.29, 0.717) is 22.5 Å². The largest absolute Gasteiger partial charge is 0.300 e. The third-order valence-electron chi connectivity index (χ3n) is 8.70. The van der Waals surface area contributed by atoms with Gasteiger partial charge in [0.15, 0.2) is 0 Å². The van der Waals surface area contributed by atoms with Crippen molar-refractivity contribution in [3.05, 3.63) is 12.2 Å². The zero-order valence-corrected chi connectivity index (χ0v) is 14.6. The van der Waals surface area contributed by atoms with Crippen molar-refractivity contribution in [2.45, 2.75) is 72.1 Å². The standard InChI is InChI=1S/C21H32O/c1-14(22)17-9-10-18-16-8-7-15-6-4-5-12-20(15,2)19(16)11-13-21(17,18)3/h4-5,15-19H,6-13H2,1-3H3/t15-,16+,17-,18+,19+,20+,21-/m0/s1. The van der Waals surface area contributed by atoms with E-state index in [0.717, 1.165) is 23.7 Å². The molecule has 0 amide bonds. The molecule has 4 rings (SSSR count). The minimum Gasteiger partial charge on any atom is -0.300 e. The Labute approximate surface area is 135 Å². The zero-order valence-electron chi connectivity index (χ0n) is 14.6. The van der Waals surface area contributed by atoms with Crippen LogP contribution in [0.25, 0.3) is 0 Å². The monoisotopic (exact) mass is 300 g/mol. The molecule has 0 bridgehead atoms. The van der Waals surface area contributed by atoms with Crippen molar-refractivity contribution in [1.29, 1.82) is 0 Å². The number of carbonyl (C=O) groups excluding carboxylic acids is 1. The molecular formula is C21H32O. The molecule has 22 heavy (non-hydrogen) atoms. The van der Waals surface area contributed by atoms with E-state index in [9.17, 15) is 4.79 Å². The lowest BCUT2D eigenvalue weighted by atomic mass is 9.45. The first-order valence-corrected chi connectivity index (χ1v) is 9.62. The van der Waals surface area contributed by atoms with Crippen LogP contribution >= 0.6 is 0 Å². The van der Waals surface area contributed by atoms with E-state index < -0.39 is 0 Å². The summed E-state index contributed by atoms with van der Waals surface area (Å²) in [5.74, 6) is 4.38. The Hall–Kier alpha value is -0.590. The Balaban J connectivity index is 1.65. The maximum Gasteiger partial charge on any atom is 0.133 e. The van der Waals surface area contributed by atoms with Gasteiger partial charge in [0, 0.05) is 5.92 Å². The summed E-state index contributed by atoms with van der Waals surface area (Å²) in [5, 5.41) is 0. The lowest BCUT2D eigenvalue weighted by Gasteiger charge is -2.59. The molecule has 0 radical (unpaired) electrons. The number of fused-ring (bicyclic) bond motifs is 5. The molecule has 4 aliphatic carbocycles. The van der Waals surface area contributed by atoms with Crippen LogP contribution in [0.3, 0.4) is 0 Å². The van der Waals surface area contributed by atoms with E-state index in [1.165, 1.54) is 51.4 Å². The fourth-order valence-electron chi connectivity index (χ4n) is 7.51. The number of ketones is 1. The van der Waals surface area contributed by atoms with Crippen LogP contribution in [0, 0.1) is 40.4 Å². The van der Waals surface area contributed by atoms with Crippen LogP contribution in [-0.2, 0) is 4.79 Å². The van der Waals surface area contributed by atoms with Crippen molar-refractivity contribution in [2.24, 2.45) is 40.4 Å². The molecule has 7 atom stereocenters. The first-order chi connectivity index (χ1) is 10.5. The first kappa shape index (κ1) is 15.0. The lowest BCUT2D eigenvalue weighted by Crippen LogP contribution is -2.52. The van der Waals surface area contributed by atoms with Crippen molar-refractivity contribution in [1.82, 2.24) is 0 Å². The van der Waals surface area contributed by atoms with Crippen LogP contribution in [0.4, 0.5) is 0 Å². The highest BCUT2D eigenvalue weighted by molar-refractivity contribution is 5.79. The summed E-state index contributed by atoms with van der Waals surface area (Å²) in [6.07, 6.45) is 15.5. The summed E-state index contributed by atoms with van der Waals surface area (Å²) < 4.78 is 0. The van der Waals surface area contributed by atoms with Crippen LogP contribution in [0.15, 0.2) is 12.2 Å². The van der Waals surface area contributed by atoms with E-state index >= 15 is 0 Å². The Morgan fingerprint density at radius 2 is 1.73 bits per heavy atom. The van der Waals surface area contributed by atoms with Gasteiger partial charge in [0.25, 0.3) is 0 Å². The predicted molar refractivity (Wildman–Crippen MR) is 90.4 cm³/mol. The van der Waals surface area contributed by atoms with Crippen LogP contribution in [-0.4, -0.2) is 5.78 Å². The van der Waals surface area contributed by atoms with Gasteiger partial charge in [-0.15, -0.1) is 0 Å². The number of Topliss-reactive ketones (excluding diaryl/α,β-unsaturated/α-hetero) is 1. The van der Waals surface area contributed by atoms with Gasteiger partial charge in [-0.25, -0.2) is 0 Å². The molecule has 0 heterocycles. The molecule has 3 saturated carbocycles. The van der Waals surface area contributed by atoms with Gasteiger partial charge < -0.3 is 0 Å². The van der Waals surface area contributed by atoms with Crippen molar-refractivity contribution in [2.75, 3.05) is 0 Å². The maximum atomic E-state index is 12.1. The van der Waals surface area contributed by atoms with Gasteiger partial charge in [0.05, 0.1) is 0 Å². The van der Waals surface area contributed by atoms with Gasteiger partial charge in [-0.05, 0) is 92.8 Å². The maximum absolute atomic E-state index is 12.1. The summed E-state index contributed by atoms with van der Waals surface area (Å²) in [5.41, 5.74) is 0.869. The SMILES string of the molecule is CC(=O)[C@@H]1CC[C@@H]2[C@H]3CC[C@@H]4CC=CC[C@@]4(C)[C@@H]3CC[C@]21C. The van der Waals surface area contributed by atoms with E-state index in [2.05, 4.69) is 26.0 Å². The number of hydrogen-bond acceptors (Lipinski definition) is 1. The molecule has 4 aliphatic rings.